The van der Waals surface area contributed by atoms with E-state index in [0.29, 0.717) is 85.3 Å². The summed E-state index contributed by atoms with van der Waals surface area (Å²) in [6.07, 6.45) is -5.50. The Morgan fingerprint density at radius 1 is 0.808 bits per heavy atom. The van der Waals surface area contributed by atoms with Crippen molar-refractivity contribution in [2.24, 2.45) is 21.6 Å². The molecule has 0 unspecified atom stereocenters. The van der Waals surface area contributed by atoms with Crippen LogP contribution in [-0.4, -0.2) is 163 Å². The Balaban J connectivity index is 1.14. The second-order valence-corrected chi connectivity index (χ2v) is 21.0. The molecule has 4 heterocycles. The van der Waals surface area contributed by atoms with E-state index in [0.717, 1.165) is 64.8 Å². The maximum atomic E-state index is 14.6. The van der Waals surface area contributed by atoms with Gasteiger partial charge in [-0.1, -0.05) is 48.2 Å². The van der Waals surface area contributed by atoms with Crippen molar-refractivity contribution in [2.75, 3.05) is 52.0 Å². The topological polar surface area (TPSA) is 238 Å². The molecule has 1 aromatic heterocycles. The molecule has 4 amide bonds. The van der Waals surface area contributed by atoms with E-state index in [1.54, 1.807) is 73.2 Å². The number of hydrazine groups is 1. The zero-order valence-electron chi connectivity index (χ0n) is 44.0. The molecule has 25 heteroatoms. The lowest BCUT2D eigenvalue weighted by Crippen LogP contribution is -2.63. The fraction of sp³-hybridized carbons (Fsp3) is 0.528. The summed E-state index contributed by atoms with van der Waals surface area (Å²) in [5, 5.41) is 19.5. The molecule has 3 aromatic rings. The van der Waals surface area contributed by atoms with Gasteiger partial charge in [-0.3, -0.25) is 24.9 Å². The molecule has 4 fully saturated rings. The van der Waals surface area contributed by atoms with Crippen LogP contribution in [0.3, 0.4) is 0 Å². The van der Waals surface area contributed by atoms with Crippen molar-refractivity contribution in [3.05, 3.63) is 94.8 Å². The number of carbonyl (C=O) groups is 4. The average Bonchev–Trinajstić information content (AvgIpc) is 4.18. The Morgan fingerprint density at radius 3 is 1.88 bits per heavy atom. The number of allylic oxidation sites excluding steroid dienone is 1. The van der Waals surface area contributed by atoms with E-state index in [2.05, 4.69) is 56.8 Å². The zero-order valence-corrected chi connectivity index (χ0v) is 44.0. The van der Waals surface area contributed by atoms with Gasteiger partial charge in [-0.15, -0.1) is 0 Å². The number of fused-ring (bicyclic) bond motifs is 2. The summed E-state index contributed by atoms with van der Waals surface area (Å²) in [7, 11) is 1.78. The molecule has 1 aliphatic carbocycles. The summed E-state index contributed by atoms with van der Waals surface area (Å²) in [6, 6.07) is 8.18. The lowest BCUT2D eigenvalue weighted by atomic mass is 9.82. The number of hydrogen-bond donors (Lipinski definition) is 6. The van der Waals surface area contributed by atoms with Crippen molar-refractivity contribution in [1.82, 2.24) is 41.3 Å². The number of carbonyl (C=O) groups excluding carboxylic acids is 4. The van der Waals surface area contributed by atoms with Crippen molar-refractivity contribution in [2.45, 2.75) is 121 Å². The fourth-order valence-corrected chi connectivity index (χ4v) is 9.15. The highest BCUT2D eigenvalue weighted by Crippen LogP contribution is 2.42. The van der Waals surface area contributed by atoms with E-state index in [4.69, 9.17) is 10.5 Å². The van der Waals surface area contributed by atoms with E-state index >= 15 is 0 Å². The third-order valence-electron chi connectivity index (χ3n) is 14.6. The lowest BCUT2D eigenvalue weighted by molar-refractivity contribution is -0.221. The van der Waals surface area contributed by atoms with Gasteiger partial charge in [-0.25, -0.2) is 24.6 Å². The van der Waals surface area contributed by atoms with Gasteiger partial charge in [0.05, 0.1) is 68.1 Å². The summed E-state index contributed by atoms with van der Waals surface area (Å²) in [6.45, 7) is 4.97. The quantitative estimate of drug-likeness (QED) is 0.0392. The summed E-state index contributed by atoms with van der Waals surface area (Å²) >= 11 is 0. The standard InChI is InChI=1S/C53H65F6N11O8/c1-50(2,52(54,55)56)43(65-48(74)76-5)45(72)64-41(21-32-10-7-31(8-11-32)9-12-34-23-62-47(63-24-34)70-27-37-22-38(70)26-69(37)39-29-78-30-39)42(71)28-68(67-46(73)44(66-49(75)77-6)51(3,4)53(57,58)59)25-33-13-15-35(16-14-33)40(60)19-20-61-36-17-18-36/h7-8,10-11,13-16,19-20,23-24,36-39,41-44,71H,17-18,21-22,25-30,60H2,1-6H3,(H,64,72)(H,65,74)(H,66,75)(H,67,73)/t37-,38-,41+,42+,43-,44-/m1/s1. The van der Waals surface area contributed by atoms with Crippen LogP contribution >= 0.6 is 0 Å². The minimum absolute atomic E-state index is 0.252. The third-order valence-corrected chi connectivity index (χ3v) is 14.6. The van der Waals surface area contributed by atoms with Gasteiger partial charge in [0.2, 0.25) is 11.9 Å². The molecule has 3 saturated heterocycles. The highest BCUT2D eigenvalue weighted by Gasteiger charge is 2.57. The number of hydrogen-bond acceptors (Lipinski definition) is 15. The number of benzene rings is 2. The smallest absolute Gasteiger partial charge is 0.407 e. The summed E-state index contributed by atoms with van der Waals surface area (Å²) < 4.78 is 102. The zero-order chi connectivity index (χ0) is 56.7. The van der Waals surface area contributed by atoms with Crippen molar-refractivity contribution < 1.29 is 64.8 Å². The average molecular weight is 1100 g/mol. The first-order valence-corrected chi connectivity index (χ1v) is 25.3. The third kappa shape index (κ3) is 14.4. The number of alkyl carbamates (subject to hydrolysis) is 2. The van der Waals surface area contributed by atoms with Crippen LogP contribution in [0.25, 0.3) is 5.70 Å². The van der Waals surface area contributed by atoms with E-state index < -0.39 is 78.0 Å². The largest absolute Gasteiger partial charge is 0.453 e. The lowest BCUT2D eigenvalue weighted by Gasteiger charge is -2.42. The Hall–Kier alpha value is -7.01. The number of aromatic nitrogens is 2. The predicted molar refractivity (Wildman–Crippen MR) is 274 cm³/mol. The first kappa shape index (κ1) is 58.7. The van der Waals surface area contributed by atoms with Crippen LogP contribution in [0.4, 0.5) is 41.9 Å². The molecular formula is C53H65F6N11O8. The van der Waals surface area contributed by atoms with E-state index in [1.165, 1.54) is 0 Å². The van der Waals surface area contributed by atoms with Crippen LogP contribution in [0.5, 0.6) is 0 Å². The highest BCUT2D eigenvalue weighted by atomic mass is 19.4. The molecule has 19 nitrogen and oxygen atoms in total. The van der Waals surface area contributed by atoms with Crippen LogP contribution in [0.2, 0.25) is 0 Å². The number of piperazine rings is 1. The molecule has 6 atom stereocenters. The summed E-state index contributed by atoms with van der Waals surface area (Å²) in [4.78, 5) is 71.2. The normalized spacial score (nSPS) is 19.8. The van der Waals surface area contributed by atoms with Gasteiger partial charge in [0.1, 0.15) is 12.1 Å². The number of aliphatic imine (C=N–C) groups is 1. The molecule has 0 spiro atoms. The molecule has 4 aliphatic rings. The van der Waals surface area contributed by atoms with Gasteiger partial charge in [-0.05, 0) is 88.3 Å². The van der Waals surface area contributed by atoms with Crippen molar-refractivity contribution in [3.63, 3.8) is 0 Å². The van der Waals surface area contributed by atoms with Crippen LogP contribution in [0.1, 0.15) is 74.8 Å². The number of nitrogens with one attached hydrogen (secondary N) is 4. The van der Waals surface area contributed by atoms with E-state index in [-0.39, 0.29) is 19.0 Å². The number of anilines is 1. The van der Waals surface area contributed by atoms with Crippen LogP contribution < -0.4 is 32.0 Å². The minimum Gasteiger partial charge on any atom is -0.453 e. The number of alkyl halides is 6. The van der Waals surface area contributed by atoms with Gasteiger partial charge in [0, 0.05) is 68.1 Å². The maximum absolute atomic E-state index is 14.6. The van der Waals surface area contributed by atoms with Crippen molar-refractivity contribution in [3.8, 4) is 11.8 Å². The molecule has 422 valence electrons. The SMILES string of the molecule is COC(=O)N[C@H](C(=O)N[C@@H](Cc1ccc(C#Cc2cnc(N3C[C@H]4C[C@@H]3CN4C3COC3)nc2)cc1)[C@@H](O)CN(Cc1ccc(C(N)=CC=NC2CC2)cc1)NC(=O)[C@@H](NC(=O)OC)C(C)(C)C(F)(F)F)C(C)(C)C(F)(F)F. The Bertz CT molecular complexity index is 2720. The molecule has 2 aromatic carbocycles. The van der Waals surface area contributed by atoms with Gasteiger partial charge < -0.3 is 45.9 Å². The molecule has 3 aliphatic heterocycles. The maximum Gasteiger partial charge on any atom is 0.407 e. The molecular weight excluding hydrogens is 1030 g/mol. The van der Waals surface area contributed by atoms with Crippen molar-refractivity contribution in [1.29, 1.82) is 0 Å². The number of halogens is 6. The van der Waals surface area contributed by atoms with Gasteiger partial charge in [-0.2, -0.15) is 26.3 Å². The number of methoxy groups -OCH3 is 2. The van der Waals surface area contributed by atoms with Crippen LogP contribution in [0, 0.1) is 22.7 Å². The second kappa shape index (κ2) is 24.3. The van der Waals surface area contributed by atoms with E-state index in [9.17, 15) is 50.6 Å². The summed E-state index contributed by atoms with van der Waals surface area (Å²) in [5.74, 6) is 3.91. The molecule has 1 saturated carbocycles. The fourth-order valence-electron chi connectivity index (χ4n) is 9.15. The second-order valence-electron chi connectivity index (χ2n) is 21.0. The number of likely N-dealkylation sites (tertiary alicyclic amines) is 1. The first-order chi connectivity index (χ1) is 36.8. The first-order valence-electron chi connectivity index (χ1n) is 25.3. The molecule has 7 rings (SSSR count). The number of ether oxygens (including phenoxy) is 3. The highest BCUT2D eigenvalue weighted by molar-refractivity contribution is 5.87. The number of aliphatic hydroxyl groups excluding tert-OH is 1. The van der Waals surface area contributed by atoms with Gasteiger partial charge in [0.15, 0.2) is 0 Å². The van der Waals surface area contributed by atoms with E-state index in [1.807, 2.05) is 10.6 Å². The van der Waals surface area contributed by atoms with Crippen LogP contribution in [0.15, 0.2) is 72.0 Å². The minimum atomic E-state index is -5.07. The van der Waals surface area contributed by atoms with Crippen LogP contribution in [-0.2, 0) is 36.8 Å². The Morgan fingerprint density at radius 2 is 1.37 bits per heavy atom. The number of rotatable bonds is 20. The molecule has 2 bridgehead atoms. The Kier molecular flexibility index (Phi) is 18.3. The van der Waals surface area contributed by atoms with Gasteiger partial charge in [0.25, 0.3) is 5.91 Å². The number of nitrogens with two attached hydrogens (primary N) is 1. The predicted octanol–water partition coefficient (Wildman–Crippen LogP) is 4.62. The van der Waals surface area contributed by atoms with Gasteiger partial charge >= 0.3 is 24.5 Å². The number of amides is 4. The monoisotopic (exact) mass is 1100 g/mol. The molecule has 78 heavy (non-hydrogen) atoms. The number of aliphatic hydroxyl groups is 1. The Labute approximate surface area is 447 Å². The molecule has 7 N–H and O–H groups in total. The van der Waals surface area contributed by atoms with Crippen molar-refractivity contribution >= 4 is 41.9 Å². The molecule has 0 radical (unpaired) electrons. The summed E-state index contributed by atoms with van der Waals surface area (Å²) in [5.41, 5.74) is 5.64. The number of nitrogens with zero attached hydrogens (tertiary/aromatic N) is 6.